The summed E-state index contributed by atoms with van der Waals surface area (Å²) in [5, 5.41) is 3.41. The number of nitrogens with one attached hydrogen (secondary N) is 1. The lowest BCUT2D eigenvalue weighted by molar-refractivity contribution is 0.191. The summed E-state index contributed by atoms with van der Waals surface area (Å²) < 4.78 is 23.2. The zero-order valence-corrected chi connectivity index (χ0v) is 11.8. The molecule has 1 saturated carbocycles. The van der Waals surface area contributed by atoms with Crippen LogP contribution in [0.1, 0.15) is 39.0 Å². The van der Waals surface area contributed by atoms with E-state index >= 15 is 0 Å². The first kappa shape index (κ1) is 13.3. The van der Waals surface area contributed by atoms with Crippen molar-refractivity contribution in [2.45, 2.75) is 45.1 Å². The van der Waals surface area contributed by atoms with Crippen molar-refractivity contribution in [1.82, 2.24) is 5.32 Å². The third-order valence-electron chi connectivity index (χ3n) is 4.59. The molecule has 0 amide bonds. The summed E-state index contributed by atoms with van der Waals surface area (Å²) in [6, 6.07) is 0.412. The van der Waals surface area contributed by atoms with Gasteiger partial charge >= 0.3 is 0 Å². The van der Waals surface area contributed by atoms with Gasteiger partial charge in [-0.3, -0.25) is 0 Å². The Morgan fingerprint density at radius 3 is 2.47 bits per heavy atom. The molecule has 4 atom stereocenters. The smallest absolute Gasteiger partial charge is 0.150 e. The van der Waals surface area contributed by atoms with E-state index in [2.05, 4.69) is 12.2 Å². The van der Waals surface area contributed by atoms with Crippen molar-refractivity contribution in [3.63, 3.8) is 0 Å². The Morgan fingerprint density at radius 2 is 1.94 bits per heavy atom. The molecular formula is C13H25NO2S. The Balaban J connectivity index is 2.01. The maximum absolute atomic E-state index is 11.6. The predicted octanol–water partition coefficient (Wildman–Crippen LogP) is 1.84. The Labute approximate surface area is 105 Å². The normalized spacial score (nSPS) is 39.1. The third-order valence-corrected chi connectivity index (χ3v) is 6.39. The van der Waals surface area contributed by atoms with Gasteiger partial charge in [-0.25, -0.2) is 8.42 Å². The van der Waals surface area contributed by atoms with E-state index in [1.807, 2.05) is 7.05 Å². The number of rotatable bonds is 3. The highest BCUT2D eigenvalue weighted by Gasteiger charge is 2.37. The van der Waals surface area contributed by atoms with E-state index in [4.69, 9.17) is 0 Å². The van der Waals surface area contributed by atoms with Gasteiger partial charge in [-0.15, -0.1) is 0 Å². The van der Waals surface area contributed by atoms with Crippen LogP contribution in [0.25, 0.3) is 0 Å². The fourth-order valence-electron chi connectivity index (χ4n) is 3.77. The van der Waals surface area contributed by atoms with Crippen molar-refractivity contribution in [3.05, 3.63) is 0 Å². The molecule has 100 valence electrons. The molecule has 0 spiro atoms. The topological polar surface area (TPSA) is 46.2 Å². The van der Waals surface area contributed by atoms with Crippen LogP contribution in [0.4, 0.5) is 0 Å². The average molecular weight is 259 g/mol. The summed E-state index contributed by atoms with van der Waals surface area (Å²) in [5.74, 6) is 2.64. The minimum absolute atomic E-state index is 0.347. The molecule has 0 bridgehead atoms. The van der Waals surface area contributed by atoms with Crippen LogP contribution in [0.3, 0.4) is 0 Å². The van der Waals surface area contributed by atoms with Crippen LogP contribution in [0.5, 0.6) is 0 Å². The van der Waals surface area contributed by atoms with Gasteiger partial charge in [0.15, 0.2) is 9.84 Å². The number of hydrogen-bond acceptors (Lipinski definition) is 3. The van der Waals surface area contributed by atoms with Gasteiger partial charge in [-0.1, -0.05) is 19.8 Å². The van der Waals surface area contributed by atoms with Gasteiger partial charge in [0, 0.05) is 6.04 Å². The quantitative estimate of drug-likeness (QED) is 0.841. The van der Waals surface area contributed by atoms with Crippen molar-refractivity contribution < 1.29 is 8.42 Å². The lowest BCUT2D eigenvalue weighted by atomic mass is 9.75. The first-order valence-corrected chi connectivity index (χ1v) is 8.71. The second-order valence-corrected chi connectivity index (χ2v) is 8.24. The summed E-state index contributed by atoms with van der Waals surface area (Å²) in [6.07, 6.45) is 6.05. The van der Waals surface area contributed by atoms with Crippen LogP contribution >= 0.6 is 0 Å². The van der Waals surface area contributed by atoms with E-state index in [1.54, 1.807) is 0 Å². The maximum Gasteiger partial charge on any atom is 0.150 e. The molecule has 1 heterocycles. The fourth-order valence-corrected chi connectivity index (χ4v) is 5.63. The molecule has 0 radical (unpaired) electrons. The average Bonchev–Trinajstić information content (AvgIpc) is 2.60. The third kappa shape index (κ3) is 3.22. The molecule has 2 rings (SSSR count). The Kier molecular flexibility index (Phi) is 4.14. The summed E-state index contributed by atoms with van der Waals surface area (Å²) in [6.45, 7) is 2.32. The van der Waals surface area contributed by atoms with E-state index in [1.165, 1.54) is 25.7 Å². The Hall–Kier alpha value is -0.0900. The van der Waals surface area contributed by atoms with Crippen LogP contribution in [-0.4, -0.2) is 33.0 Å². The summed E-state index contributed by atoms with van der Waals surface area (Å²) in [4.78, 5) is 0. The standard InChI is InChI=1S/C13H25NO2S/c1-10-4-3-5-11(8-10)13(14-2)12-6-7-17(15,16)9-12/h10-14H,3-9H2,1-2H3. The predicted molar refractivity (Wildman–Crippen MR) is 70.7 cm³/mol. The molecule has 2 aliphatic rings. The zero-order valence-electron chi connectivity index (χ0n) is 11.0. The molecule has 0 aromatic rings. The maximum atomic E-state index is 11.6. The van der Waals surface area contributed by atoms with Gasteiger partial charge in [0.1, 0.15) is 0 Å². The van der Waals surface area contributed by atoms with Crippen LogP contribution in [0, 0.1) is 17.8 Å². The molecule has 2 fully saturated rings. The largest absolute Gasteiger partial charge is 0.316 e. The molecule has 1 N–H and O–H groups in total. The number of hydrogen-bond donors (Lipinski definition) is 1. The van der Waals surface area contributed by atoms with Crippen LogP contribution in [-0.2, 0) is 9.84 Å². The van der Waals surface area contributed by atoms with Gasteiger partial charge in [-0.05, 0) is 44.1 Å². The van der Waals surface area contributed by atoms with Gasteiger partial charge < -0.3 is 5.32 Å². The Bertz CT molecular complexity index is 352. The summed E-state index contributed by atoms with van der Waals surface area (Å²) >= 11 is 0. The van der Waals surface area contributed by atoms with E-state index in [9.17, 15) is 8.42 Å². The van der Waals surface area contributed by atoms with Crippen LogP contribution < -0.4 is 5.32 Å². The second-order valence-electron chi connectivity index (χ2n) is 6.01. The lowest BCUT2D eigenvalue weighted by Gasteiger charge is -2.36. The van der Waals surface area contributed by atoms with Crippen LogP contribution in [0.2, 0.25) is 0 Å². The molecule has 0 aromatic carbocycles. The monoisotopic (exact) mass is 259 g/mol. The van der Waals surface area contributed by atoms with E-state index in [0.29, 0.717) is 29.4 Å². The SMILES string of the molecule is CNC(C1CCCC(C)C1)C1CCS(=O)(=O)C1. The van der Waals surface area contributed by atoms with Crippen molar-refractivity contribution in [2.24, 2.45) is 17.8 Å². The highest BCUT2D eigenvalue weighted by atomic mass is 32.2. The zero-order chi connectivity index (χ0) is 12.5. The van der Waals surface area contributed by atoms with Gasteiger partial charge in [0.05, 0.1) is 11.5 Å². The molecule has 1 aliphatic carbocycles. The summed E-state index contributed by atoms with van der Waals surface area (Å²) in [5.41, 5.74) is 0. The van der Waals surface area contributed by atoms with Gasteiger partial charge in [0.2, 0.25) is 0 Å². The van der Waals surface area contributed by atoms with Gasteiger partial charge in [0.25, 0.3) is 0 Å². The minimum atomic E-state index is -2.74. The number of sulfone groups is 1. The molecule has 3 nitrogen and oxygen atoms in total. The minimum Gasteiger partial charge on any atom is -0.316 e. The Morgan fingerprint density at radius 1 is 1.18 bits per heavy atom. The molecule has 4 heteroatoms. The fraction of sp³-hybridized carbons (Fsp3) is 1.00. The molecule has 1 aliphatic heterocycles. The van der Waals surface area contributed by atoms with Crippen molar-refractivity contribution in [3.8, 4) is 0 Å². The van der Waals surface area contributed by atoms with Crippen LogP contribution in [0.15, 0.2) is 0 Å². The van der Waals surface area contributed by atoms with Crippen molar-refractivity contribution in [1.29, 1.82) is 0 Å². The van der Waals surface area contributed by atoms with E-state index < -0.39 is 9.84 Å². The lowest BCUT2D eigenvalue weighted by Crippen LogP contribution is -2.42. The molecule has 1 saturated heterocycles. The molecular weight excluding hydrogens is 234 g/mol. The van der Waals surface area contributed by atoms with Crippen molar-refractivity contribution in [2.75, 3.05) is 18.6 Å². The first-order valence-electron chi connectivity index (χ1n) is 6.89. The van der Waals surface area contributed by atoms with E-state index in [-0.39, 0.29) is 0 Å². The molecule has 0 aromatic heterocycles. The highest BCUT2D eigenvalue weighted by Crippen LogP contribution is 2.35. The second kappa shape index (κ2) is 5.27. The van der Waals surface area contributed by atoms with E-state index in [0.717, 1.165) is 12.3 Å². The van der Waals surface area contributed by atoms with Crippen molar-refractivity contribution >= 4 is 9.84 Å². The first-order chi connectivity index (χ1) is 8.02. The highest BCUT2D eigenvalue weighted by molar-refractivity contribution is 7.91. The molecule has 4 unspecified atom stereocenters. The molecule has 17 heavy (non-hydrogen) atoms. The summed E-state index contributed by atoms with van der Waals surface area (Å²) in [7, 11) is -0.748. The van der Waals surface area contributed by atoms with Gasteiger partial charge in [-0.2, -0.15) is 0 Å².